The van der Waals surface area contributed by atoms with E-state index >= 15 is 0 Å². The molecular formula is C21H21NO4S. The van der Waals surface area contributed by atoms with Crippen molar-refractivity contribution < 1.29 is 18.2 Å². The SMILES string of the molecule is CC(=O)c1ccccc1OCC[S@@](=O)Cc1nc(-c2ccccc2)oc1C. The van der Waals surface area contributed by atoms with Gasteiger partial charge in [-0.3, -0.25) is 9.00 Å². The summed E-state index contributed by atoms with van der Waals surface area (Å²) >= 11 is 0. The summed E-state index contributed by atoms with van der Waals surface area (Å²) in [7, 11) is -1.15. The van der Waals surface area contributed by atoms with E-state index in [0.717, 1.165) is 5.56 Å². The Bertz CT molecular complexity index is 950. The third-order valence-corrected chi connectivity index (χ3v) is 5.26. The van der Waals surface area contributed by atoms with E-state index in [1.165, 1.54) is 6.92 Å². The number of hydrogen-bond acceptors (Lipinski definition) is 5. The average Bonchev–Trinajstić information content (AvgIpc) is 3.03. The number of benzene rings is 2. The highest BCUT2D eigenvalue weighted by atomic mass is 32.2. The van der Waals surface area contributed by atoms with Crippen molar-refractivity contribution in [2.75, 3.05) is 12.4 Å². The fourth-order valence-corrected chi connectivity index (χ4v) is 3.61. The molecule has 140 valence electrons. The number of aromatic nitrogens is 1. The lowest BCUT2D eigenvalue weighted by Gasteiger charge is -2.09. The van der Waals surface area contributed by atoms with Crippen molar-refractivity contribution in [3.63, 3.8) is 0 Å². The summed E-state index contributed by atoms with van der Waals surface area (Å²) in [6.07, 6.45) is 0. The molecule has 0 aliphatic rings. The molecule has 2 aromatic carbocycles. The number of oxazole rings is 1. The van der Waals surface area contributed by atoms with E-state index in [1.54, 1.807) is 18.2 Å². The van der Waals surface area contributed by atoms with E-state index in [1.807, 2.05) is 43.3 Å². The molecule has 1 aromatic heterocycles. The summed E-state index contributed by atoms with van der Waals surface area (Å²) in [5, 5.41) is 0. The summed E-state index contributed by atoms with van der Waals surface area (Å²) < 4.78 is 23.8. The predicted molar refractivity (Wildman–Crippen MR) is 105 cm³/mol. The van der Waals surface area contributed by atoms with Crippen molar-refractivity contribution in [3.8, 4) is 17.2 Å². The summed E-state index contributed by atoms with van der Waals surface area (Å²) in [4.78, 5) is 16.1. The molecule has 5 nitrogen and oxygen atoms in total. The minimum absolute atomic E-state index is 0.0571. The number of nitrogens with zero attached hydrogens (tertiary/aromatic N) is 1. The first kappa shape index (κ1) is 19.0. The molecule has 0 aliphatic carbocycles. The van der Waals surface area contributed by atoms with Gasteiger partial charge < -0.3 is 9.15 Å². The fraction of sp³-hybridized carbons (Fsp3) is 0.238. The maximum atomic E-state index is 12.4. The summed E-state index contributed by atoms with van der Waals surface area (Å²) in [5.41, 5.74) is 2.11. The molecule has 0 saturated heterocycles. The second-order valence-electron chi connectivity index (χ2n) is 6.08. The highest BCUT2D eigenvalue weighted by molar-refractivity contribution is 7.84. The number of aryl methyl sites for hydroxylation is 1. The summed E-state index contributed by atoms with van der Waals surface area (Å²) in [6, 6.07) is 16.7. The van der Waals surface area contributed by atoms with Gasteiger partial charge in [-0.05, 0) is 38.1 Å². The first-order valence-corrected chi connectivity index (χ1v) is 10.1. The Morgan fingerprint density at radius 2 is 1.81 bits per heavy atom. The zero-order valence-electron chi connectivity index (χ0n) is 15.3. The molecule has 6 heteroatoms. The van der Waals surface area contributed by atoms with Crippen molar-refractivity contribution >= 4 is 16.6 Å². The zero-order valence-corrected chi connectivity index (χ0v) is 16.1. The van der Waals surface area contributed by atoms with E-state index < -0.39 is 10.8 Å². The Morgan fingerprint density at radius 1 is 1.11 bits per heavy atom. The average molecular weight is 383 g/mol. The van der Waals surface area contributed by atoms with Gasteiger partial charge in [0, 0.05) is 16.4 Å². The van der Waals surface area contributed by atoms with Gasteiger partial charge >= 0.3 is 0 Å². The number of Topliss-reactive ketones (excluding diaryl/α,β-unsaturated/α-hetero) is 1. The first-order chi connectivity index (χ1) is 13.0. The standard InChI is InChI=1S/C21H21NO4S/c1-15(23)18-10-6-7-11-20(18)25-12-13-27(24)14-19-16(2)26-21(22-19)17-8-4-3-5-9-17/h3-11H,12-14H2,1-2H3/t27-/m1/s1. The van der Waals surface area contributed by atoms with Crippen LogP contribution in [0.4, 0.5) is 0 Å². The van der Waals surface area contributed by atoms with Crippen molar-refractivity contribution in [2.45, 2.75) is 19.6 Å². The van der Waals surface area contributed by atoms with Gasteiger partial charge in [0.1, 0.15) is 11.5 Å². The van der Waals surface area contributed by atoms with Crippen LogP contribution >= 0.6 is 0 Å². The maximum absolute atomic E-state index is 12.4. The topological polar surface area (TPSA) is 69.4 Å². The Kier molecular flexibility index (Phi) is 6.19. The Balaban J connectivity index is 1.58. The molecule has 1 heterocycles. The van der Waals surface area contributed by atoms with Crippen LogP contribution in [0.2, 0.25) is 0 Å². The molecule has 0 aliphatic heterocycles. The van der Waals surface area contributed by atoms with Gasteiger partial charge in [0.2, 0.25) is 5.89 Å². The number of rotatable bonds is 8. The number of para-hydroxylation sites is 1. The smallest absolute Gasteiger partial charge is 0.226 e. The highest BCUT2D eigenvalue weighted by Gasteiger charge is 2.14. The molecule has 1 atom stereocenters. The molecule has 0 radical (unpaired) electrons. The van der Waals surface area contributed by atoms with Gasteiger partial charge in [-0.25, -0.2) is 4.98 Å². The van der Waals surface area contributed by atoms with Gasteiger partial charge in [0.05, 0.1) is 29.4 Å². The van der Waals surface area contributed by atoms with Gasteiger partial charge in [0.15, 0.2) is 5.78 Å². The zero-order chi connectivity index (χ0) is 19.2. The van der Waals surface area contributed by atoms with Crippen LogP contribution in [0.3, 0.4) is 0 Å². The second-order valence-corrected chi connectivity index (χ2v) is 7.65. The molecule has 0 unspecified atom stereocenters. The number of carbonyl (C=O) groups excluding carboxylic acids is 1. The molecule has 0 spiro atoms. The Labute approximate surface area is 160 Å². The first-order valence-electron chi connectivity index (χ1n) is 8.64. The minimum Gasteiger partial charge on any atom is -0.492 e. The van der Waals surface area contributed by atoms with Crippen LogP contribution in [-0.4, -0.2) is 27.3 Å². The molecular weight excluding hydrogens is 362 g/mol. The molecule has 3 aromatic rings. The molecule has 27 heavy (non-hydrogen) atoms. The van der Waals surface area contributed by atoms with Gasteiger partial charge in [0.25, 0.3) is 0 Å². The van der Waals surface area contributed by atoms with Crippen LogP contribution in [-0.2, 0) is 16.6 Å². The number of ether oxygens (including phenoxy) is 1. The molecule has 0 N–H and O–H groups in total. The van der Waals surface area contributed by atoms with E-state index in [0.29, 0.717) is 40.2 Å². The minimum atomic E-state index is -1.15. The largest absolute Gasteiger partial charge is 0.492 e. The molecule has 0 fully saturated rings. The van der Waals surface area contributed by atoms with Crippen molar-refractivity contribution in [3.05, 3.63) is 71.6 Å². The van der Waals surface area contributed by atoms with E-state index in [-0.39, 0.29) is 12.4 Å². The third kappa shape index (κ3) is 4.92. The van der Waals surface area contributed by atoms with E-state index in [4.69, 9.17) is 9.15 Å². The van der Waals surface area contributed by atoms with Gasteiger partial charge in [-0.1, -0.05) is 30.3 Å². The van der Waals surface area contributed by atoms with E-state index in [9.17, 15) is 9.00 Å². The third-order valence-electron chi connectivity index (χ3n) is 4.05. The summed E-state index contributed by atoms with van der Waals surface area (Å²) in [5.74, 6) is 2.32. The fourth-order valence-electron chi connectivity index (χ4n) is 2.62. The second kappa shape index (κ2) is 8.77. The van der Waals surface area contributed by atoms with Crippen LogP contribution in [0.15, 0.2) is 59.0 Å². The molecule has 3 rings (SSSR count). The predicted octanol–water partition coefficient (Wildman–Crippen LogP) is 4.18. The van der Waals surface area contributed by atoms with Crippen molar-refractivity contribution in [1.29, 1.82) is 0 Å². The van der Waals surface area contributed by atoms with Gasteiger partial charge in [-0.2, -0.15) is 0 Å². The molecule has 0 bridgehead atoms. The molecule has 0 saturated carbocycles. The lowest BCUT2D eigenvalue weighted by atomic mass is 10.1. The van der Waals surface area contributed by atoms with Crippen LogP contribution in [0.25, 0.3) is 11.5 Å². The molecule has 0 amide bonds. The number of carbonyl (C=O) groups is 1. The van der Waals surface area contributed by atoms with Crippen molar-refractivity contribution in [2.24, 2.45) is 0 Å². The number of ketones is 1. The van der Waals surface area contributed by atoms with Crippen LogP contribution in [0.1, 0.15) is 28.7 Å². The monoisotopic (exact) mass is 383 g/mol. The van der Waals surface area contributed by atoms with Crippen LogP contribution in [0.5, 0.6) is 5.75 Å². The van der Waals surface area contributed by atoms with Crippen molar-refractivity contribution in [1.82, 2.24) is 4.98 Å². The van der Waals surface area contributed by atoms with Gasteiger partial charge in [-0.15, -0.1) is 0 Å². The van der Waals surface area contributed by atoms with E-state index in [2.05, 4.69) is 4.98 Å². The highest BCUT2D eigenvalue weighted by Crippen LogP contribution is 2.22. The lowest BCUT2D eigenvalue weighted by Crippen LogP contribution is -2.12. The van der Waals surface area contributed by atoms with Crippen LogP contribution < -0.4 is 4.74 Å². The van der Waals surface area contributed by atoms with Crippen LogP contribution in [0, 0.1) is 6.92 Å². The Morgan fingerprint density at radius 3 is 2.56 bits per heavy atom. The maximum Gasteiger partial charge on any atom is 0.226 e. The Hall–Kier alpha value is -2.73. The quantitative estimate of drug-likeness (QED) is 0.546. The summed E-state index contributed by atoms with van der Waals surface area (Å²) in [6.45, 7) is 3.59. The normalized spacial score (nSPS) is 11.9. The number of hydrogen-bond donors (Lipinski definition) is 0. The lowest BCUT2D eigenvalue weighted by molar-refractivity contribution is 0.101.